The van der Waals surface area contributed by atoms with Crippen molar-refractivity contribution >= 4 is 23.2 Å². The number of aryl methyl sites for hydroxylation is 2. The average molecular weight is 383 g/mol. The van der Waals surface area contributed by atoms with Gasteiger partial charge < -0.3 is 14.8 Å². The Bertz CT molecular complexity index is 907. The number of hydrazone groups is 1. The van der Waals surface area contributed by atoms with E-state index >= 15 is 0 Å². The predicted molar refractivity (Wildman–Crippen MR) is 109 cm³/mol. The summed E-state index contributed by atoms with van der Waals surface area (Å²) in [7, 11) is 3.02. The molecule has 148 valence electrons. The number of ether oxygens (including phenoxy) is 2. The van der Waals surface area contributed by atoms with Gasteiger partial charge in [-0.2, -0.15) is 5.10 Å². The third-order valence-corrected chi connectivity index (χ3v) is 4.20. The Kier molecular flexibility index (Phi) is 7.14. The number of nitrogens with zero attached hydrogens (tertiary/aromatic N) is 1. The molecule has 0 aliphatic heterocycles. The van der Waals surface area contributed by atoms with Crippen LogP contribution in [-0.4, -0.2) is 31.7 Å². The monoisotopic (exact) mass is 383 g/mol. The molecule has 7 nitrogen and oxygen atoms in total. The minimum atomic E-state index is -0.408. The zero-order valence-electron chi connectivity index (χ0n) is 16.8. The van der Waals surface area contributed by atoms with Gasteiger partial charge in [0.15, 0.2) is 11.5 Å². The maximum absolute atomic E-state index is 12.2. The molecular formula is C21H25N3O4. The van der Waals surface area contributed by atoms with Crippen molar-refractivity contribution in [1.82, 2.24) is 5.43 Å². The van der Waals surface area contributed by atoms with Crippen molar-refractivity contribution in [3.63, 3.8) is 0 Å². The minimum absolute atomic E-state index is 0.0686. The van der Waals surface area contributed by atoms with Crippen molar-refractivity contribution in [2.75, 3.05) is 19.5 Å². The fraction of sp³-hybridized carbons (Fsp3) is 0.286. The van der Waals surface area contributed by atoms with Crippen LogP contribution in [-0.2, 0) is 4.79 Å². The molecule has 2 amide bonds. The summed E-state index contributed by atoms with van der Waals surface area (Å²) < 4.78 is 10.3. The highest BCUT2D eigenvalue weighted by atomic mass is 16.5. The number of amides is 2. The molecule has 0 bridgehead atoms. The van der Waals surface area contributed by atoms with Gasteiger partial charge >= 0.3 is 0 Å². The van der Waals surface area contributed by atoms with E-state index in [1.807, 2.05) is 32.0 Å². The molecule has 2 aromatic carbocycles. The molecule has 7 heteroatoms. The zero-order valence-corrected chi connectivity index (χ0v) is 16.8. The highest BCUT2D eigenvalue weighted by molar-refractivity contribution is 6.06. The van der Waals surface area contributed by atoms with Crippen LogP contribution < -0.4 is 20.2 Å². The number of hydrogen-bond acceptors (Lipinski definition) is 5. The molecule has 2 aromatic rings. The molecular weight excluding hydrogens is 358 g/mol. The Hall–Kier alpha value is -3.35. The first-order chi connectivity index (χ1) is 13.3. The van der Waals surface area contributed by atoms with Gasteiger partial charge in [-0.05, 0) is 62.2 Å². The van der Waals surface area contributed by atoms with E-state index in [-0.39, 0.29) is 12.3 Å². The standard InChI is InChI=1S/C21H25N3O4/c1-13-6-8-17(10-14(13)2)22-20(25)11-15(3)23-24-21(26)16-7-9-18(27-4)19(12-16)28-5/h6-10,12H,11H2,1-5H3,(H,22,25)(H,24,26)/b23-15-. The van der Waals surface area contributed by atoms with Crippen molar-refractivity contribution in [1.29, 1.82) is 0 Å². The predicted octanol–water partition coefficient (Wildman–Crippen LogP) is 3.46. The first-order valence-corrected chi connectivity index (χ1v) is 8.76. The molecule has 0 aliphatic rings. The van der Waals surface area contributed by atoms with Gasteiger partial charge in [0.25, 0.3) is 5.91 Å². The van der Waals surface area contributed by atoms with Crippen LogP contribution in [0.15, 0.2) is 41.5 Å². The first-order valence-electron chi connectivity index (χ1n) is 8.76. The summed E-state index contributed by atoms with van der Waals surface area (Å²) in [6, 6.07) is 10.5. The van der Waals surface area contributed by atoms with E-state index in [0.29, 0.717) is 22.8 Å². The summed E-state index contributed by atoms with van der Waals surface area (Å²) in [5.74, 6) is 0.366. The number of hydrogen-bond donors (Lipinski definition) is 2. The van der Waals surface area contributed by atoms with Gasteiger partial charge in [-0.25, -0.2) is 5.43 Å². The van der Waals surface area contributed by atoms with Crippen LogP contribution in [0.3, 0.4) is 0 Å². The molecule has 0 spiro atoms. The third kappa shape index (κ3) is 5.57. The van der Waals surface area contributed by atoms with Crippen molar-refractivity contribution in [2.24, 2.45) is 5.10 Å². The Morgan fingerprint density at radius 3 is 2.32 bits per heavy atom. The quantitative estimate of drug-likeness (QED) is 0.566. The Morgan fingerprint density at radius 1 is 0.964 bits per heavy atom. The number of benzene rings is 2. The molecule has 0 atom stereocenters. The molecule has 0 aromatic heterocycles. The van der Waals surface area contributed by atoms with Crippen molar-refractivity contribution in [2.45, 2.75) is 27.2 Å². The lowest BCUT2D eigenvalue weighted by Gasteiger charge is -2.09. The van der Waals surface area contributed by atoms with Crippen LogP contribution in [0.1, 0.15) is 34.8 Å². The van der Waals surface area contributed by atoms with Crippen LogP contribution in [0, 0.1) is 13.8 Å². The van der Waals surface area contributed by atoms with Crippen LogP contribution in [0.25, 0.3) is 0 Å². The lowest BCUT2D eigenvalue weighted by Crippen LogP contribution is -2.21. The second-order valence-electron chi connectivity index (χ2n) is 6.38. The van der Waals surface area contributed by atoms with Crippen LogP contribution >= 0.6 is 0 Å². The van der Waals surface area contributed by atoms with Crippen LogP contribution in [0.5, 0.6) is 11.5 Å². The summed E-state index contributed by atoms with van der Waals surface area (Å²) in [5, 5.41) is 6.82. The molecule has 2 rings (SSSR count). The molecule has 0 fully saturated rings. The number of carbonyl (C=O) groups is 2. The minimum Gasteiger partial charge on any atom is -0.493 e. The maximum Gasteiger partial charge on any atom is 0.271 e. The molecule has 2 N–H and O–H groups in total. The summed E-state index contributed by atoms with van der Waals surface area (Å²) in [6.45, 7) is 5.68. The van der Waals surface area contributed by atoms with Crippen LogP contribution in [0.4, 0.5) is 5.69 Å². The SMILES string of the molecule is COc1ccc(C(=O)N/N=C(/C)CC(=O)Nc2ccc(C)c(C)c2)cc1OC. The second-order valence-corrected chi connectivity index (χ2v) is 6.38. The number of rotatable bonds is 7. The van der Waals surface area contributed by atoms with Gasteiger partial charge in [0, 0.05) is 17.0 Å². The molecule has 0 aliphatic carbocycles. The van der Waals surface area contributed by atoms with E-state index in [2.05, 4.69) is 15.8 Å². The van der Waals surface area contributed by atoms with E-state index in [1.165, 1.54) is 14.2 Å². The first kappa shape index (κ1) is 21.0. The van der Waals surface area contributed by atoms with Gasteiger partial charge in [-0.15, -0.1) is 0 Å². The smallest absolute Gasteiger partial charge is 0.271 e. The van der Waals surface area contributed by atoms with Crippen LogP contribution in [0.2, 0.25) is 0 Å². The summed E-state index contributed by atoms with van der Waals surface area (Å²) in [4.78, 5) is 24.4. The van der Waals surface area contributed by atoms with Gasteiger partial charge in [-0.1, -0.05) is 6.07 Å². The van der Waals surface area contributed by atoms with Crippen molar-refractivity contribution in [3.05, 3.63) is 53.1 Å². The fourth-order valence-electron chi connectivity index (χ4n) is 2.48. The van der Waals surface area contributed by atoms with E-state index in [9.17, 15) is 9.59 Å². The molecule has 0 heterocycles. The second kappa shape index (κ2) is 9.55. The Balaban J connectivity index is 1.95. The molecule has 0 unspecified atom stereocenters. The zero-order chi connectivity index (χ0) is 20.7. The number of carbonyl (C=O) groups excluding carboxylic acids is 2. The highest BCUT2D eigenvalue weighted by Crippen LogP contribution is 2.27. The average Bonchev–Trinajstić information content (AvgIpc) is 2.68. The fourth-order valence-corrected chi connectivity index (χ4v) is 2.48. The largest absolute Gasteiger partial charge is 0.493 e. The molecule has 28 heavy (non-hydrogen) atoms. The maximum atomic E-state index is 12.2. The van der Waals surface area contributed by atoms with Gasteiger partial charge in [0.2, 0.25) is 5.91 Å². The van der Waals surface area contributed by atoms with Crippen molar-refractivity contribution < 1.29 is 19.1 Å². The molecule has 0 saturated heterocycles. The highest BCUT2D eigenvalue weighted by Gasteiger charge is 2.11. The van der Waals surface area contributed by atoms with E-state index < -0.39 is 5.91 Å². The summed E-state index contributed by atoms with van der Waals surface area (Å²) in [5.41, 5.74) is 6.29. The van der Waals surface area contributed by atoms with E-state index in [4.69, 9.17) is 9.47 Å². The normalized spacial score (nSPS) is 11.0. The lowest BCUT2D eigenvalue weighted by molar-refractivity contribution is -0.115. The lowest BCUT2D eigenvalue weighted by atomic mass is 10.1. The number of methoxy groups -OCH3 is 2. The summed E-state index contributed by atoms with van der Waals surface area (Å²) >= 11 is 0. The molecule has 0 radical (unpaired) electrons. The number of nitrogens with one attached hydrogen (secondary N) is 2. The Morgan fingerprint density at radius 2 is 1.68 bits per heavy atom. The number of anilines is 1. The third-order valence-electron chi connectivity index (χ3n) is 4.20. The molecule has 0 saturated carbocycles. The van der Waals surface area contributed by atoms with Gasteiger partial charge in [-0.3, -0.25) is 9.59 Å². The summed E-state index contributed by atoms with van der Waals surface area (Å²) in [6.07, 6.45) is 0.0686. The van der Waals surface area contributed by atoms with Crippen molar-refractivity contribution in [3.8, 4) is 11.5 Å². The topological polar surface area (TPSA) is 89.0 Å². The Labute approximate surface area is 164 Å². The van der Waals surface area contributed by atoms with E-state index in [1.54, 1.807) is 25.1 Å². The van der Waals surface area contributed by atoms with Gasteiger partial charge in [0.05, 0.1) is 20.6 Å². The van der Waals surface area contributed by atoms with E-state index in [0.717, 1.165) is 16.8 Å². The van der Waals surface area contributed by atoms with Gasteiger partial charge in [0.1, 0.15) is 0 Å².